The number of benzene rings is 7. The van der Waals surface area contributed by atoms with Crippen molar-refractivity contribution >= 4 is 44.9 Å². The lowest BCUT2D eigenvalue weighted by atomic mass is 9.73. The van der Waals surface area contributed by atoms with E-state index < -0.39 is 0 Å². The lowest BCUT2D eigenvalue weighted by Gasteiger charge is -2.32. The lowest BCUT2D eigenvalue weighted by molar-refractivity contribution is 0.853. The molecule has 0 saturated heterocycles. The van der Waals surface area contributed by atoms with Crippen LogP contribution in [0.1, 0.15) is 24.0 Å². The monoisotopic (exact) mass is 653 g/mol. The minimum Gasteiger partial charge on any atom is -0.310 e. The largest absolute Gasteiger partial charge is 0.310 e. The van der Waals surface area contributed by atoms with Gasteiger partial charge >= 0.3 is 0 Å². The molecule has 3 heteroatoms. The highest BCUT2D eigenvalue weighted by atomic mass is 15.2. The number of hydrogen-bond acceptors (Lipinski definition) is 3. The van der Waals surface area contributed by atoms with E-state index >= 15 is 0 Å². The quantitative estimate of drug-likeness (QED) is 0.171. The molecule has 0 aliphatic heterocycles. The van der Waals surface area contributed by atoms with Gasteiger partial charge in [-0.3, -0.25) is 4.98 Å². The summed E-state index contributed by atoms with van der Waals surface area (Å²) in [5, 5.41) is 2.67. The summed E-state index contributed by atoms with van der Waals surface area (Å²) < 4.78 is 0. The van der Waals surface area contributed by atoms with E-state index in [-0.39, 0.29) is 5.41 Å². The smallest absolute Gasteiger partial charge is 0.0703 e. The summed E-state index contributed by atoms with van der Waals surface area (Å²) in [5.41, 5.74) is 14.5. The Bertz CT molecular complexity index is 2430. The number of para-hydroxylation sites is 4. The Kier molecular flexibility index (Phi) is 6.85. The predicted octanol–water partition coefficient (Wildman–Crippen LogP) is 12.9. The minimum absolute atomic E-state index is 0.0260. The summed E-state index contributed by atoms with van der Waals surface area (Å²) in [6, 6.07) is 65.4. The highest BCUT2D eigenvalue weighted by Gasteiger charge is 2.50. The van der Waals surface area contributed by atoms with Crippen LogP contribution < -0.4 is 9.80 Å². The zero-order valence-corrected chi connectivity index (χ0v) is 28.2. The second kappa shape index (κ2) is 11.9. The van der Waals surface area contributed by atoms with Gasteiger partial charge in [-0.25, -0.2) is 0 Å². The molecule has 0 bridgehead atoms. The van der Waals surface area contributed by atoms with E-state index in [2.05, 4.69) is 192 Å². The van der Waals surface area contributed by atoms with Crippen LogP contribution in [-0.4, -0.2) is 4.98 Å². The van der Waals surface area contributed by atoms with Crippen LogP contribution >= 0.6 is 0 Å². The third-order valence-electron chi connectivity index (χ3n) is 10.7. The van der Waals surface area contributed by atoms with Gasteiger partial charge in [-0.15, -0.1) is 0 Å². The maximum Gasteiger partial charge on any atom is 0.0703 e. The van der Waals surface area contributed by atoms with Crippen molar-refractivity contribution < 1.29 is 0 Å². The van der Waals surface area contributed by atoms with E-state index in [1.54, 1.807) is 0 Å². The van der Waals surface area contributed by atoms with Gasteiger partial charge in [0.15, 0.2) is 0 Å². The molecular formula is C48H35N3. The SMILES string of the molecule is c1ccc(N(c2ccccc2)c2ccc(-c3ccc4c(c3)C3(CC3)c3cccc5c(N(c6ccccc6)c6ccccc6)ccc-4c35)nc2)cc1. The van der Waals surface area contributed by atoms with Crippen molar-refractivity contribution in [2.75, 3.05) is 9.80 Å². The molecule has 2 aliphatic rings. The first-order chi connectivity index (χ1) is 25.3. The maximum absolute atomic E-state index is 5.06. The van der Waals surface area contributed by atoms with Crippen LogP contribution in [0.4, 0.5) is 34.1 Å². The second-order valence-corrected chi connectivity index (χ2v) is 13.6. The van der Waals surface area contributed by atoms with E-state index in [9.17, 15) is 0 Å². The molecular weight excluding hydrogens is 619 g/mol. The number of anilines is 6. The summed E-state index contributed by atoms with van der Waals surface area (Å²) >= 11 is 0. The van der Waals surface area contributed by atoms with Gasteiger partial charge in [0.25, 0.3) is 0 Å². The Labute approximate surface area is 298 Å². The van der Waals surface area contributed by atoms with Crippen molar-refractivity contribution in [2.45, 2.75) is 18.3 Å². The van der Waals surface area contributed by atoms with Crippen molar-refractivity contribution in [2.24, 2.45) is 0 Å². The maximum atomic E-state index is 5.06. The van der Waals surface area contributed by atoms with E-state index in [4.69, 9.17) is 4.98 Å². The number of pyridine rings is 1. The number of rotatable bonds is 7. The lowest BCUT2D eigenvalue weighted by Crippen LogP contribution is -2.17. The van der Waals surface area contributed by atoms with E-state index in [1.165, 1.54) is 38.7 Å². The van der Waals surface area contributed by atoms with Crippen LogP contribution in [0.5, 0.6) is 0 Å². The molecule has 0 amide bonds. The minimum atomic E-state index is 0.0260. The summed E-state index contributed by atoms with van der Waals surface area (Å²) in [5.74, 6) is 0. The van der Waals surface area contributed by atoms with Crippen molar-refractivity contribution in [3.63, 3.8) is 0 Å². The van der Waals surface area contributed by atoms with Crippen LogP contribution in [0.3, 0.4) is 0 Å². The van der Waals surface area contributed by atoms with Crippen LogP contribution in [0, 0.1) is 0 Å². The van der Waals surface area contributed by atoms with Gasteiger partial charge in [0, 0.05) is 39.1 Å². The Morgan fingerprint density at radius 1 is 0.431 bits per heavy atom. The van der Waals surface area contributed by atoms with Gasteiger partial charge in [-0.1, -0.05) is 109 Å². The number of aromatic nitrogens is 1. The zero-order valence-electron chi connectivity index (χ0n) is 28.2. The van der Waals surface area contributed by atoms with E-state index in [0.717, 1.165) is 52.5 Å². The molecule has 0 N–H and O–H groups in total. The van der Waals surface area contributed by atoms with Gasteiger partial charge in [-0.05, 0) is 113 Å². The van der Waals surface area contributed by atoms with Crippen molar-refractivity contribution in [3.8, 4) is 22.4 Å². The molecule has 3 nitrogen and oxygen atoms in total. The first-order valence-electron chi connectivity index (χ1n) is 17.8. The normalized spacial score (nSPS) is 13.5. The van der Waals surface area contributed by atoms with Gasteiger partial charge in [0.05, 0.1) is 23.3 Å². The van der Waals surface area contributed by atoms with Crippen LogP contribution in [-0.2, 0) is 5.41 Å². The van der Waals surface area contributed by atoms with Gasteiger partial charge in [0.2, 0.25) is 0 Å². The summed E-state index contributed by atoms with van der Waals surface area (Å²) in [6.45, 7) is 0. The number of hydrogen-bond donors (Lipinski definition) is 0. The molecule has 0 unspecified atom stereocenters. The first-order valence-corrected chi connectivity index (χ1v) is 17.8. The molecule has 2 aliphatic carbocycles. The Morgan fingerprint density at radius 3 is 1.55 bits per heavy atom. The Hall–Kier alpha value is -6.45. The van der Waals surface area contributed by atoms with Gasteiger partial charge in [-0.2, -0.15) is 0 Å². The fraction of sp³-hybridized carbons (Fsp3) is 0.0625. The molecule has 1 aromatic heterocycles. The average molecular weight is 654 g/mol. The topological polar surface area (TPSA) is 19.4 Å². The van der Waals surface area contributed by atoms with Crippen LogP contribution in [0.2, 0.25) is 0 Å². The van der Waals surface area contributed by atoms with Gasteiger partial charge in [0.1, 0.15) is 0 Å². The molecule has 10 rings (SSSR count). The molecule has 51 heavy (non-hydrogen) atoms. The standard InChI is InChI=1S/C48H35N3/c1-5-14-35(15-6-1)50(36-16-7-2-8-17-36)39-25-28-45(49-33-39)34-24-26-40-41-27-29-46(51(37-18-9-3-10-19-37)38-20-11-4-12-21-38)42-22-13-23-43(47(41)42)48(30-31-48)44(40)32-34/h1-29,32-33H,30-31H2. The first kappa shape index (κ1) is 29.5. The molecule has 1 fully saturated rings. The van der Waals surface area contributed by atoms with Crippen LogP contribution in [0.15, 0.2) is 188 Å². The predicted molar refractivity (Wildman–Crippen MR) is 212 cm³/mol. The molecule has 242 valence electrons. The third kappa shape index (κ3) is 4.85. The highest BCUT2D eigenvalue weighted by molar-refractivity contribution is 6.11. The van der Waals surface area contributed by atoms with Crippen molar-refractivity contribution in [3.05, 3.63) is 199 Å². The van der Waals surface area contributed by atoms with E-state index in [1.807, 2.05) is 6.20 Å². The fourth-order valence-corrected chi connectivity index (χ4v) is 8.22. The second-order valence-electron chi connectivity index (χ2n) is 13.6. The molecule has 0 radical (unpaired) electrons. The molecule has 1 saturated carbocycles. The van der Waals surface area contributed by atoms with Crippen molar-refractivity contribution in [1.29, 1.82) is 0 Å². The van der Waals surface area contributed by atoms with Crippen LogP contribution in [0.25, 0.3) is 33.2 Å². The van der Waals surface area contributed by atoms with E-state index in [0.29, 0.717) is 0 Å². The molecule has 1 heterocycles. The Balaban J connectivity index is 1.07. The zero-order chi connectivity index (χ0) is 33.8. The third-order valence-corrected chi connectivity index (χ3v) is 10.7. The molecule has 1 spiro atoms. The fourth-order valence-electron chi connectivity index (χ4n) is 8.22. The number of fused-ring (bicyclic) bond motifs is 4. The summed E-state index contributed by atoms with van der Waals surface area (Å²) in [7, 11) is 0. The highest BCUT2D eigenvalue weighted by Crippen LogP contribution is 2.62. The molecule has 0 atom stereocenters. The summed E-state index contributed by atoms with van der Waals surface area (Å²) in [4.78, 5) is 9.71. The number of nitrogens with zero attached hydrogens (tertiary/aromatic N) is 3. The molecule has 8 aromatic rings. The van der Waals surface area contributed by atoms with Crippen molar-refractivity contribution in [1.82, 2.24) is 4.98 Å². The Morgan fingerprint density at radius 2 is 1.00 bits per heavy atom. The average Bonchev–Trinajstić information content (AvgIpc) is 4.01. The summed E-state index contributed by atoms with van der Waals surface area (Å²) in [6.07, 6.45) is 4.32. The molecule has 7 aromatic carbocycles. The van der Waals surface area contributed by atoms with Gasteiger partial charge < -0.3 is 9.80 Å².